The van der Waals surface area contributed by atoms with E-state index in [-0.39, 0.29) is 54.3 Å². The molecule has 3 atom stereocenters. The van der Waals surface area contributed by atoms with Crippen molar-refractivity contribution >= 4 is 47.2 Å². The van der Waals surface area contributed by atoms with E-state index >= 15 is 0 Å². The number of ether oxygens (including phenoxy) is 7. The number of piperazine rings is 1. The van der Waals surface area contributed by atoms with Gasteiger partial charge in [0, 0.05) is 72.4 Å². The molecule has 0 aromatic heterocycles. The van der Waals surface area contributed by atoms with Gasteiger partial charge in [0.05, 0.1) is 66.1 Å². The average molecular weight is 1170 g/mol. The van der Waals surface area contributed by atoms with Crippen LogP contribution in [0.3, 0.4) is 0 Å². The molecule has 2 aliphatic rings. The summed E-state index contributed by atoms with van der Waals surface area (Å²) >= 11 is 2.11. The molecule has 20 nitrogen and oxygen atoms in total. The Hall–Kier alpha value is -3.15. The third-order valence-corrected chi connectivity index (χ3v) is 15.5. The fourth-order valence-corrected chi connectivity index (χ4v) is 10.6. The first kappa shape index (κ1) is 74.0. The minimum Gasteiger partial charge on any atom is -0.382 e. The monoisotopic (exact) mass is 1170 g/mol. The number of nitrogens with two attached hydrogens (primary N) is 1. The van der Waals surface area contributed by atoms with Crippen molar-refractivity contribution in [2.45, 2.75) is 211 Å². The van der Waals surface area contributed by atoms with E-state index in [1.807, 2.05) is 0 Å². The number of carbonyl (C=O) groups excluding carboxylic acids is 6. The summed E-state index contributed by atoms with van der Waals surface area (Å²) < 4.78 is 37.8. The first-order valence-corrected chi connectivity index (χ1v) is 32.9. The van der Waals surface area contributed by atoms with Crippen LogP contribution in [0.25, 0.3) is 0 Å². The normalized spacial score (nSPS) is 15.4. The second-order valence-corrected chi connectivity index (χ2v) is 22.6. The van der Waals surface area contributed by atoms with E-state index < -0.39 is 12.1 Å². The zero-order valence-electron chi connectivity index (χ0n) is 50.3. The van der Waals surface area contributed by atoms with E-state index in [0.29, 0.717) is 170 Å². The van der Waals surface area contributed by atoms with E-state index in [0.717, 1.165) is 45.1 Å². The number of amides is 6. The highest BCUT2D eigenvalue weighted by molar-refractivity contribution is 7.99. The zero-order chi connectivity index (χ0) is 58.3. The Balaban J connectivity index is 1.50. The predicted molar refractivity (Wildman–Crippen MR) is 320 cm³/mol. The molecule has 6 amide bonds. The summed E-state index contributed by atoms with van der Waals surface area (Å²) in [4.78, 5) is 78.4. The maximum atomic E-state index is 13.4. The number of fused-ring (bicyclic) bond motifs is 1. The topological polar surface area (TPSA) is 256 Å². The second kappa shape index (κ2) is 54.8. The summed E-state index contributed by atoms with van der Waals surface area (Å²) in [5, 5.41) is 14.5. The molecule has 81 heavy (non-hydrogen) atoms. The largest absolute Gasteiger partial charge is 0.382 e. The highest BCUT2D eigenvalue weighted by Crippen LogP contribution is 2.23. The second-order valence-electron chi connectivity index (χ2n) is 21.4. The summed E-state index contributed by atoms with van der Waals surface area (Å²) in [6.45, 7) is 10.1. The van der Waals surface area contributed by atoms with Crippen molar-refractivity contribution in [2.75, 3.05) is 137 Å². The molecule has 0 aromatic carbocycles. The molecule has 3 unspecified atom stereocenters. The van der Waals surface area contributed by atoms with Gasteiger partial charge in [0.1, 0.15) is 18.1 Å². The van der Waals surface area contributed by atoms with Crippen LogP contribution in [-0.4, -0.2) is 196 Å². The van der Waals surface area contributed by atoms with Crippen molar-refractivity contribution in [3.8, 4) is 0 Å². The van der Waals surface area contributed by atoms with Crippen LogP contribution < -0.4 is 32.3 Å². The van der Waals surface area contributed by atoms with Crippen molar-refractivity contribution in [3.05, 3.63) is 0 Å². The minimum atomic E-state index is -0.708. The van der Waals surface area contributed by atoms with Gasteiger partial charge in [0.15, 0.2) is 0 Å². The highest BCUT2D eigenvalue weighted by atomic mass is 32.2. The van der Waals surface area contributed by atoms with Crippen LogP contribution in [0, 0.1) is 0 Å². The summed E-state index contributed by atoms with van der Waals surface area (Å²) in [5.41, 5.74) is 5.43. The van der Waals surface area contributed by atoms with E-state index in [1.54, 1.807) is 12.0 Å². The van der Waals surface area contributed by atoms with E-state index in [2.05, 4.69) is 38.3 Å². The summed E-state index contributed by atoms with van der Waals surface area (Å²) in [5.74, 6) is 1.62. The summed E-state index contributed by atoms with van der Waals surface area (Å²) in [6.07, 6.45) is 27.7. The van der Waals surface area contributed by atoms with Crippen LogP contribution in [0.1, 0.15) is 193 Å². The Morgan fingerprint density at radius 3 is 1.57 bits per heavy atom. The van der Waals surface area contributed by atoms with Crippen LogP contribution in [0.5, 0.6) is 0 Å². The Labute approximate surface area is 492 Å². The number of thioether (sulfide) groups is 1. The third-order valence-electron chi connectivity index (χ3n) is 14.4. The standard InChI is InChI=1S/C60H113N7O13S/c1-74-40-41-78-48-49-80-45-42-75-37-20-12-8-4-2-5-9-13-21-50-81-51-22-14-10-6-3-7-11-15-29-57(70)65-52(58(71)64-34-19-17-27-53-60(73)67-36-23-28-54(67)59(72)66-53)26-16-18-33-62-55(68)30-31-56(69)63-35-25-39-77-44-47-79-46-43-76-38-24-32-61/h52-54H,2-51,61H2,1H3,(H,62,68)(H,63,69)(H,64,71)(H,65,70)(H,66,72). The predicted octanol–water partition coefficient (Wildman–Crippen LogP) is 6.67. The lowest BCUT2D eigenvalue weighted by Crippen LogP contribution is -2.61. The van der Waals surface area contributed by atoms with Gasteiger partial charge < -0.3 is 70.4 Å². The van der Waals surface area contributed by atoms with Crippen molar-refractivity contribution in [2.24, 2.45) is 5.73 Å². The van der Waals surface area contributed by atoms with E-state index in [4.69, 9.17) is 38.9 Å². The quantitative estimate of drug-likeness (QED) is 0.0348. The van der Waals surface area contributed by atoms with Crippen molar-refractivity contribution in [1.82, 2.24) is 31.5 Å². The Kier molecular flexibility index (Phi) is 50.0. The number of hydrogen-bond donors (Lipinski definition) is 6. The number of methoxy groups -OCH3 is 1. The van der Waals surface area contributed by atoms with Crippen molar-refractivity contribution in [1.29, 1.82) is 0 Å². The van der Waals surface area contributed by atoms with Gasteiger partial charge in [-0.25, -0.2) is 0 Å². The van der Waals surface area contributed by atoms with Crippen molar-refractivity contribution < 1.29 is 61.9 Å². The fraction of sp³-hybridized carbons (Fsp3) is 0.900. The number of rotatable bonds is 60. The molecule has 0 radical (unpaired) electrons. The van der Waals surface area contributed by atoms with Crippen LogP contribution >= 0.6 is 11.8 Å². The molecule has 0 aromatic rings. The van der Waals surface area contributed by atoms with Crippen LogP contribution in [0.2, 0.25) is 0 Å². The SMILES string of the molecule is COCCOCCOCCOCCCCCCCCCCCSCCCCCCCCCCC(=O)NC(CCCCNC(=O)CCC(=O)NCCCOCCOCCOCCCN)C(=O)NCCCCC1NC(=O)C2CCCN2C1=O. The lowest BCUT2D eigenvalue weighted by Gasteiger charge is -2.34. The number of nitrogens with zero attached hydrogens (tertiary/aromatic N) is 1. The molecule has 21 heteroatoms. The lowest BCUT2D eigenvalue weighted by molar-refractivity contribution is -0.147. The van der Waals surface area contributed by atoms with Gasteiger partial charge in [-0.15, -0.1) is 0 Å². The molecule has 0 bridgehead atoms. The maximum Gasteiger partial charge on any atom is 0.245 e. The van der Waals surface area contributed by atoms with Gasteiger partial charge in [-0.1, -0.05) is 83.5 Å². The molecular formula is C60H113N7O13S. The summed E-state index contributed by atoms with van der Waals surface area (Å²) in [6, 6.07) is -1.57. The van der Waals surface area contributed by atoms with Crippen molar-refractivity contribution in [3.63, 3.8) is 0 Å². The number of carbonyl (C=O) groups is 6. The van der Waals surface area contributed by atoms with Crippen LogP contribution in [0.4, 0.5) is 0 Å². The molecule has 0 spiro atoms. The van der Waals surface area contributed by atoms with E-state index in [9.17, 15) is 28.8 Å². The molecule has 2 rings (SSSR count). The zero-order valence-corrected chi connectivity index (χ0v) is 51.1. The fourth-order valence-electron chi connectivity index (χ4n) is 9.59. The Morgan fingerprint density at radius 2 is 1.00 bits per heavy atom. The molecule has 2 saturated heterocycles. The summed E-state index contributed by atoms with van der Waals surface area (Å²) in [7, 11) is 1.67. The average Bonchev–Trinajstić information content (AvgIpc) is 3.99. The van der Waals surface area contributed by atoms with Crippen LogP contribution in [-0.2, 0) is 61.9 Å². The lowest BCUT2D eigenvalue weighted by atomic mass is 10.0. The molecule has 2 heterocycles. The number of hydrogen-bond acceptors (Lipinski definition) is 15. The third kappa shape index (κ3) is 43.2. The Morgan fingerprint density at radius 1 is 0.531 bits per heavy atom. The van der Waals surface area contributed by atoms with E-state index in [1.165, 1.54) is 95.0 Å². The van der Waals surface area contributed by atoms with Gasteiger partial charge in [0.25, 0.3) is 0 Å². The first-order valence-electron chi connectivity index (χ1n) is 31.7. The molecule has 0 saturated carbocycles. The maximum absolute atomic E-state index is 13.4. The smallest absolute Gasteiger partial charge is 0.245 e. The first-order chi connectivity index (χ1) is 39.8. The highest BCUT2D eigenvalue weighted by Gasteiger charge is 2.42. The molecular weight excluding hydrogens is 1060 g/mol. The molecule has 7 N–H and O–H groups in total. The number of unbranched alkanes of at least 4 members (excludes halogenated alkanes) is 17. The Bertz CT molecular complexity index is 1580. The van der Waals surface area contributed by atoms with Gasteiger partial charge in [-0.3, -0.25) is 28.8 Å². The molecule has 0 aliphatic carbocycles. The van der Waals surface area contributed by atoms with Gasteiger partial charge in [0.2, 0.25) is 35.4 Å². The minimum absolute atomic E-state index is 0.0194. The van der Waals surface area contributed by atoms with Gasteiger partial charge >= 0.3 is 0 Å². The molecule has 472 valence electrons. The van der Waals surface area contributed by atoms with Gasteiger partial charge in [-0.05, 0) is 108 Å². The van der Waals surface area contributed by atoms with Crippen LogP contribution in [0.15, 0.2) is 0 Å². The number of nitrogens with one attached hydrogen (secondary N) is 5. The molecule has 2 aliphatic heterocycles. The van der Waals surface area contributed by atoms with Gasteiger partial charge in [-0.2, -0.15) is 11.8 Å². The molecule has 2 fully saturated rings.